The zero-order valence-corrected chi connectivity index (χ0v) is 7.00. The second-order valence-electron chi connectivity index (χ2n) is 3.37. The largest absolute Gasteiger partial charge is 0.372 e. The molecule has 72 valence electrons. The molecule has 12 heavy (non-hydrogen) atoms. The molecule has 1 saturated heterocycles. The van der Waals surface area contributed by atoms with Gasteiger partial charge in [0.1, 0.15) is 0 Å². The van der Waals surface area contributed by atoms with Crippen molar-refractivity contribution >= 4 is 0 Å². The standard InChI is InChI=1S/C7H14F2N2O/c1-7(8,9)6(12)11-3-2-5(10)4-11/h5-6,12H,2-4,10H2,1H3. The summed E-state index contributed by atoms with van der Waals surface area (Å²) in [6, 6.07) is -0.0815. The molecule has 0 aromatic rings. The van der Waals surface area contributed by atoms with Crippen LogP contribution in [0.2, 0.25) is 0 Å². The summed E-state index contributed by atoms with van der Waals surface area (Å²) in [6.07, 6.45) is -1.02. The van der Waals surface area contributed by atoms with Gasteiger partial charge in [0, 0.05) is 26.1 Å². The molecule has 0 bridgehead atoms. The van der Waals surface area contributed by atoms with E-state index >= 15 is 0 Å². The predicted molar refractivity (Wildman–Crippen MR) is 40.8 cm³/mol. The van der Waals surface area contributed by atoms with Gasteiger partial charge in [-0.05, 0) is 6.42 Å². The van der Waals surface area contributed by atoms with E-state index in [-0.39, 0.29) is 6.04 Å². The molecule has 0 saturated carbocycles. The number of aliphatic hydroxyl groups excluding tert-OH is 1. The van der Waals surface area contributed by atoms with E-state index in [1.807, 2.05) is 0 Å². The maximum absolute atomic E-state index is 12.6. The second kappa shape index (κ2) is 3.24. The lowest BCUT2D eigenvalue weighted by molar-refractivity contribution is -0.159. The highest BCUT2D eigenvalue weighted by molar-refractivity contribution is 4.83. The van der Waals surface area contributed by atoms with Crippen LogP contribution in [0.3, 0.4) is 0 Å². The van der Waals surface area contributed by atoms with Crippen LogP contribution in [-0.4, -0.2) is 41.3 Å². The monoisotopic (exact) mass is 180 g/mol. The minimum absolute atomic E-state index is 0.0815. The van der Waals surface area contributed by atoms with Gasteiger partial charge < -0.3 is 10.8 Å². The maximum atomic E-state index is 12.6. The molecule has 1 rings (SSSR count). The quantitative estimate of drug-likeness (QED) is 0.628. The van der Waals surface area contributed by atoms with E-state index in [1.165, 1.54) is 4.90 Å². The van der Waals surface area contributed by atoms with Gasteiger partial charge in [0.15, 0.2) is 6.23 Å². The lowest BCUT2D eigenvalue weighted by atomic mass is 10.3. The van der Waals surface area contributed by atoms with Crippen LogP contribution in [0.25, 0.3) is 0 Å². The smallest absolute Gasteiger partial charge is 0.284 e. The van der Waals surface area contributed by atoms with Crippen molar-refractivity contribution in [2.24, 2.45) is 5.73 Å². The molecule has 2 unspecified atom stereocenters. The van der Waals surface area contributed by atoms with Crippen molar-refractivity contribution in [1.29, 1.82) is 0 Å². The topological polar surface area (TPSA) is 49.5 Å². The number of hydrogen-bond acceptors (Lipinski definition) is 3. The predicted octanol–water partition coefficient (Wildman–Crippen LogP) is -0.00700. The highest BCUT2D eigenvalue weighted by Crippen LogP contribution is 2.23. The molecule has 1 aliphatic rings. The van der Waals surface area contributed by atoms with E-state index in [4.69, 9.17) is 10.8 Å². The summed E-state index contributed by atoms with van der Waals surface area (Å²) in [5, 5.41) is 9.12. The molecule has 5 heteroatoms. The molecule has 0 radical (unpaired) electrons. The Kier molecular flexibility index (Phi) is 2.65. The Balaban J connectivity index is 2.48. The highest BCUT2D eigenvalue weighted by atomic mass is 19.3. The Bertz CT molecular complexity index is 160. The fourth-order valence-electron chi connectivity index (χ4n) is 1.36. The summed E-state index contributed by atoms with van der Waals surface area (Å²) in [5.74, 6) is -3.07. The van der Waals surface area contributed by atoms with Crippen molar-refractivity contribution in [2.45, 2.75) is 31.5 Å². The van der Waals surface area contributed by atoms with Gasteiger partial charge in [0.25, 0.3) is 5.92 Å². The van der Waals surface area contributed by atoms with Crippen LogP contribution in [0.4, 0.5) is 8.78 Å². The lowest BCUT2D eigenvalue weighted by Crippen LogP contribution is -2.45. The van der Waals surface area contributed by atoms with Crippen LogP contribution in [0.15, 0.2) is 0 Å². The molecule has 1 aliphatic heterocycles. The van der Waals surface area contributed by atoms with Gasteiger partial charge in [-0.3, -0.25) is 4.90 Å². The summed E-state index contributed by atoms with van der Waals surface area (Å²) >= 11 is 0. The zero-order valence-electron chi connectivity index (χ0n) is 7.00. The number of aliphatic hydroxyl groups is 1. The SMILES string of the molecule is CC(F)(F)C(O)N1CCC(N)C1. The van der Waals surface area contributed by atoms with E-state index in [1.54, 1.807) is 0 Å². The van der Waals surface area contributed by atoms with Crippen molar-refractivity contribution in [2.75, 3.05) is 13.1 Å². The Morgan fingerprint density at radius 3 is 2.58 bits per heavy atom. The van der Waals surface area contributed by atoms with E-state index in [0.29, 0.717) is 26.4 Å². The van der Waals surface area contributed by atoms with Gasteiger partial charge in [0.2, 0.25) is 0 Å². The van der Waals surface area contributed by atoms with Crippen LogP contribution in [-0.2, 0) is 0 Å². The number of nitrogens with zero attached hydrogens (tertiary/aromatic N) is 1. The van der Waals surface area contributed by atoms with Gasteiger partial charge in [-0.1, -0.05) is 0 Å². The number of hydrogen-bond donors (Lipinski definition) is 2. The van der Waals surface area contributed by atoms with Gasteiger partial charge in [-0.15, -0.1) is 0 Å². The fraction of sp³-hybridized carbons (Fsp3) is 1.00. The molecule has 0 spiro atoms. The number of likely N-dealkylation sites (tertiary alicyclic amines) is 1. The van der Waals surface area contributed by atoms with Crippen molar-refractivity contribution in [1.82, 2.24) is 4.90 Å². The van der Waals surface area contributed by atoms with Crippen molar-refractivity contribution in [3.8, 4) is 0 Å². The Morgan fingerprint density at radius 2 is 2.25 bits per heavy atom. The Morgan fingerprint density at radius 1 is 1.67 bits per heavy atom. The Hall–Kier alpha value is -0.260. The second-order valence-corrected chi connectivity index (χ2v) is 3.37. The third-order valence-electron chi connectivity index (χ3n) is 2.06. The minimum atomic E-state index is -3.07. The molecule has 1 heterocycles. The molecule has 3 N–H and O–H groups in total. The van der Waals surface area contributed by atoms with Crippen LogP contribution in [0, 0.1) is 0 Å². The van der Waals surface area contributed by atoms with Gasteiger partial charge in [0.05, 0.1) is 0 Å². The summed E-state index contributed by atoms with van der Waals surface area (Å²) < 4.78 is 25.1. The normalized spacial score (nSPS) is 29.2. The highest BCUT2D eigenvalue weighted by Gasteiger charge is 2.39. The fourth-order valence-corrected chi connectivity index (χ4v) is 1.36. The van der Waals surface area contributed by atoms with Crippen molar-refractivity contribution in [3.63, 3.8) is 0 Å². The molecule has 1 fully saturated rings. The summed E-state index contributed by atoms with van der Waals surface area (Å²) in [6.45, 7) is 1.51. The number of alkyl halides is 2. The lowest BCUT2D eigenvalue weighted by Gasteiger charge is -2.27. The first-order valence-electron chi connectivity index (χ1n) is 3.97. The first-order valence-corrected chi connectivity index (χ1v) is 3.97. The number of halogens is 2. The third kappa shape index (κ3) is 2.12. The summed E-state index contributed by atoms with van der Waals surface area (Å²) in [7, 11) is 0. The number of rotatable bonds is 2. The summed E-state index contributed by atoms with van der Waals surface area (Å²) in [5.41, 5.74) is 5.51. The minimum Gasteiger partial charge on any atom is -0.372 e. The van der Waals surface area contributed by atoms with E-state index in [2.05, 4.69) is 0 Å². The van der Waals surface area contributed by atoms with Crippen molar-refractivity contribution in [3.05, 3.63) is 0 Å². The third-order valence-corrected chi connectivity index (χ3v) is 2.06. The summed E-state index contributed by atoms with van der Waals surface area (Å²) in [4.78, 5) is 1.31. The molecule has 2 atom stereocenters. The van der Waals surface area contributed by atoms with Gasteiger partial charge >= 0.3 is 0 Å². The van der Waals surface area contributed by atoms with Crippen LogP contribution in [0.1, 0.15) is 13.3 Å². The molecule has 0 aromatic carbocycles. The van der Waals surface area contributed by atoms with Gasteiger partial charge in [-0.2, -0.15) is 0 Å². The average Bonchev–Trinajstić information content (AvgIpc) is 2.32. The van der Waals surface area contributed by atoms with Crippen LogP contribution < -0.4 is 5.73 Å². The first-order chi connectivity index (χ1) is 5.41. The molecular weight excluding hydrogens is 166 g/mol. The molecule has 0 aliphatic carbocycles. The van der Waals surface area contributed by atoms with Crippen LogP contribution >= 0.6 is 0 Å². The average molecular weight is 180 g/mol. The molecule has 3 nitrogen and oxygen atoms in total. The zero-order chi connectivity index (χ0) is 9.35. The van der Waals surface area contributed by atoms with Gasteiger partial charge in [-0.25, -0.2) is 8.78 Å². The maximum Gasteiger partial charge on any atom is 0.284 e. The van der Waals surface area contributed by atoms with E-state index < -0.39 is 12.2 Å². The van der Waals surface area contributed by atoms with Crippen molar-refractivity contribution < 1.29 is 13.9 Å². The van der Waals surface area contributed by atoms with Crippen LogP contribution in [0.5, 0.6) is 0 Å². The molecular formula is C7H14F2N2O. The Labute approximate surface area is 70.1 Å². The molecule has 0 aromatic heterocycles. The van der Waals surface area contributed by atoms with E-state index in [9.17, 15) is 8.78 Å². The van der Waals surface area contributed by atoms with E-state index in [0.717, 1.165) is 0 Å². The first kappa shape index (κ1) is 9.83. The molecule has 0 amide bonds. The number of nitrogens with two attached hydrogens (primary N) is 1.